The van der Waals surface area contributed by atoms with E-state index in [0.29, 0.717) is 16.3 Å². The average Bonchev–Trinajstić information content (AvgIpc) is 3.12. The first-order valence-electron chi connectivity index (χ1n) is 7.89. The molecule has 0 bridgehead atoms. The normalized spacial score (nSPS) is 11.2. The molecule has 1 aromatic heterocycles. The number of carbonyl (C=O) groups is 1. The summed E-state index contributed by atoms with van der Waals surface area (Å²) < 4.78 is 27.1. The van der Waals surface area contributed by atoms with Crippen molar-refractivity contribution in [3.8, 4) is 0 Å². The molecule has 1 amide bonds. The predicted octanol–water partition coefficient (Wildman–Crippen LogP) is 3.81. The Hall–Kier alpha value is -2.49. The van der Waals surface area contributed by atoms with E-state index < -0.39 is 15.9 Å². The van der Waals surface area contributed by atoms with E-state index in [0.717, 1.165) is 23.3 Å². The first kappa shape index (κ1) is 19.3. The molecule has 0 spiro atoms. The van der Waals surface area contributed by atoms with Crippen molar-refractivity contribution < 1.29 is 13.2 Å². The van der Waals surface area contributed by atoms with E-state index in [4.69, 9.17) is 11.6 Å². The summed E-state index contributed by atoms with van der Waals surface area (Å²) in [6.45, 7) is 2.01. The van der Waals surface area contributed by atoms with Gasteiger partial charge < -0.3 is 0 Å². The van der Waals surface area contributed by atoms with Crippen LogP contribution in [0.25, 0.3) is 0 Å². The maximum atomic E-state index is 12.4. The fraction of sp³-hybridized carbons (Fsp3) is 0.118. The summed E-state index contributed by atoms with van der Waals surface area (Å²) in [5, 5.41) is 10.5. The highest BCUT2D eigenvalue weighted by Crippen LogP contribution is 2.23. The number of sulfonamides is 1. The summed E-state index contributed by atoms with van der Waals surface area (Å²) in [6.07, 6.45) is 0.861. The molecular weight excluding hydrogens is 408 g/mol. The summed E-state index contributed by atoms with van der Waals surface area (Å²) in [7, 11) is -3.89. The molecular formula is C17H15ClN4O3S2. The van der Waals surface area contributed by atoms with Crippen molar-refractivity contribution in [3.63, 3.8) is 0 Å². The molecule has 3 aromatic rings. The van der Waals surface area contributed by atoms with E-state index in [9.17, 15) is 13.2 Å². The molecule has 0 unspecified atom stereocenters. The highest BCUT2D eigenvalue weighted by Gasteiger charge is 2.21. The number of hydrogen-bond acceptors (Lipinski definition) is 6. The third-order valence-corrected chi connectivity index (χ3v) is 6.42. The Morgan fingerprint density at radius 3 is 2.37 bits per heavy atom. The molecule has 0 radical (unpaired) electrons. The Morgan fingerprint density at radius 1 is 1.07 bits per heavy atom. The molecule has 0 fully saturated rings. The van der Waals surface area contributed by atoms with E-state index in [1.807, 2.05) is 19.1 Å². The lowest BCUT2D eigenvalue weighted by molar-refractivity contribution is 0.102. The van der Waals surface area contributed by atoms with Crippen molar-refractivity contribution in [1.29, 1.82) is 0 Å². The largest absolute Gasteiger partial charge is 0.296 e. The lowest BCUT2D eigenvalue weighted by Gasteiger charge is -2.05. The number of nitrogens with one attached hydrogen (secondary N) is 2. The van der Waals surface area contributed by atoms with Crippen molar-refractivity contribution in [2.45, 2.75) is 17.7 Å². The number of carbonyl (C=O) groups excluding carboxylic acids is 1. The Labute approximate surface area is 165 Å². The second kappa shape index (κ2) is 8.03. The van der Waals surface area contributed by atoms with Crippen molar-refractivity contribution >= 4 is 49.7 Å². The van der Waals surface area contributed by atoms with Gasteiger partial charge in [0.15, 0.2) is 0 Å². The molecule has 2 aromatic carbocycles. The molecule has 0 saturated carbocycles. The topological polar surface area (TPSA) is 101 Å². The summed E-state index contributed by atoms with van der Waals surface area (Å²) >= 11 is 6.55. The van der Waals surface area contributed by atoms with E-state index in [1.165, 1.54) is 0 Å². The summed E-state index contributed by atoms with van der Waals surface area (Å²) in [5.74, 6) is -0.435. The molecule has 27 heavy (non-hydrogen) atoms. The third kappa shape index (κ3) is 4.82. The minimum Gasteiger partial charge on any atom is -0.296 e. The van der Waals surface area contributed by atoms with Crippen LogP contribution in [0.5, 0.6) is 0 Å². The number of aromatic nitrogens is 2. The van der Waals surface area contributed by atoms with Gasteiger partial charge in [0, 0.05) is 16.3 Å². The Balaban J connectivity index is 1.71. The average molecular weight is 423 g/mol. The first-order chi connectivity index (χ1) is 12.9. The maximum absolute atomic E-state index is 12.4. The van der Waals surface area contributed by atoms with E-state index in [2.05, 4.69) is 20.2 Å². The molecule has 2 N–H and O–H groups in total. The van der Waals surface area contributed by atoms with Crippen LogP contribution in [0.4, 0.5) is 10.8 Å². The van der Waals surface area contributed by atoms with Crippen LogP contribution in [0.15, 0.2) is 52.9 Å². The number of aryl methyl sites for hydroxylation is 1. The van der Waals surface area contributed by atoms with Crippen molar-refractivity contribution in [2.24, 2.45) is 0 Å². The van der Waals surface area contributed by atoms with Crippen molar-refractivity contribution in [1.82, 2.24) is 10.2 Å². The third-order valence-electron chi connectivity index (χ3n) is 3.58. The molecule has 0 aliphatic heterocycles. The molecule has 0 aliphatic carbocycles. The van der Waals surface area contributed by atoms with Gasteiger partial charge in [0.2, 0.25) is 5.13 Å². The number of benzene rings is 2. The molecule has 10 heteroatoms. The van der Waals surface area contributed by atoms with Gasteiger partial charge in [0.05, 0.1) is 0 Å². The molecule has 0 saturated heterocycles. The van der Waals surface area contributed by atoms with Crippen LogP contribution in [0.3, 0.4) is 0 Å². The van der Waals surface area contributed by atoms with Crippen LogP contribution in [0.1, 0.15) is 22.8 Å². The predicted molar refractivity (Wildman–Crippen MR) is 106 cm³/mol. The van der Waals surface area contributed by atoms with Gasteiger partial charge in [0.25, 0.3) is 20.3 Å². The molecule has 1 heterocycles. The van der Waals surface area contributed by atoms with Crippen molar-refractivity contribution in [3.05, 3.63) is 64.7 Å². The van der Waals surface area contributed by atoms with Crippen LogP contribution in [-0.2, 0) is 16.4 Å². The second-order valence-corrected chi connectivity index (χ2v) is 8.76. The zero-order valence-electron chi connectivity index (χ0n) is 14.1. The van der Waals surface area contributed by atoms with Crippen LogP contribution in [0, 0.1) is 0 Å². The first-order valence-corrected chi connectivity index (χ1v) is 10.6. The zero-order chi connectivity index (χ0) is 19.4. The number of anilines is 2. The van der Waals surface area contributed by atoms with Gasteiger partial charge in [-0.2, -0.15) is 8.42 Å². The van der Waals surface area contributed by atoms with Crippen LogP contribution in [0.2, 0.25) is 5.02 Å². The highest BCUT2D eigenvalue weighted by atomic mass is 35.5. The summed E-state index contributed by atoms with van der Waals surface area (Å²) in [5.41, 5.74) is 1.89. The van der Waals surface area contributed by atoms with Gasteiger partial charge in [-0.3, -0.25) is 14.8 Å². The molecule has 0 atom stereocenters. The smallest absolute Gasteiger partial charge is 0.291 e. The van der Waals surface area contributed by atoms with Gasteiger partial charge in [-0.25, -0.2) is 0 Å². The van der Waals surface area contributed by atoms with Gasteiger partial charge in [-0.15, -0.1) is 10.2 Å². The quantitative estimate of drug-likeness (QED) is 0.588. The molecule has 3 rings (SSSR count). The Morgan fingerprint density at radius 2 is 1.74 bits per heavy atom. The monoisotopic (exact) mass is 422 g/mol. The SMILES string of the molecule is CCc1ccc(NS(=O)(=O)c2nnc(NC(=O)c3ccc(Cl)cc3)s2)cc1. The fourth-order valence-corrected chi connectivity index (χ4v) is 4.23. The Kier molecular flexibility index (Phi) is 5.73. The highest BCUT2D eigenvalue weighted by molar-refractivity contribution is 7.94. The standard InChI is InChI=1S/C17H15ClN4O3S2/c1-2-11-3-9-14(10-4-11)22-27(24,25)17-21-20-16(26-17)19-15(23)12-5-7-13(18)8-6-12/h3-10,22H,2H2,1H3,(H,19,20,23). The van der Waals surface area contributed by atoms with Crippen LogP contribution < -0.4 is 10.0 Å². The van der Waals surface area contributed by atoms with Gasteiger partial charge in [-0.05, 0) is 48.4 Å². The minimum absolute atomic E-state index is 0.0802. The van der Waals surface area contributed by atoms with Gasteiger partial charge >= 0.3 is 0 Å². The number of rotatable bonds is 6. The lowest BCUT2D eigenvalue weighted by Crippen LogP contribution is -2.12. The number of nitrogens with zero attached hydrogens (tertiary/aromatic N) is 2. The van der Waals surface area contributed by atoms with Crippen molar-refractivity contribution in [2.75, 3.05) is 10.0 Å². The fourth-order valence-electron chi connectivity index (χ4n) is 2.15. The number of amides is 1. The van der Waals surface area contributed by atoms with Gasteiger partial charge in [-0.1, -0.05) is 42.0 Å². The van der Waals surface area contributed by atoms with E-state index in [-0.39, 0.29) is 9.47 Å². The van der Waals surface area contributed by atoms with E-state index >= 15 is 0 Å². The Bertz CT molecular complexity index is 1050. The van der Waals surface area contributed by atoms with Crippen LogP contribution in [-0.4, -0.2) is 24.5 Å². The molecule has 0 aliphatic rings. The summed E-state index contributed by atoms with van der Waals surface area (Å²) in [4.78, 5) is 12.2. The lowest BCUT2D eigenvalue weighted by atomic mass is 10.2. The maximum Gasteiger partial charge on any atom is 0.291 e. The van der Waals surface area contributed by atoms with E-state index in [1.54, 1.807) is 36.4 Å². The molecule has 7 nitrogen and oxygen atoms in total. The summed E-state index contributed by atoms with van der Waals surface area (Å²) in [6, 6.07) is 13.3. The minimum atomic E-state index is -3.89. The van der Waals surface area contributed by atoms with Gasteiger partial charge in [0.1, 0.15) is 0 Å². The molecule has 140 valence electrons. The number of halogens is 1. The number of hydrogen-bond donors (Lipinski definition) is 2. The van der Waals surface area contributed by atoms with Crippen LogP contribution >= 0.6 is 22.9 Å². The second-order valence-electron chi connectivity index (χ2n) is 5.49. The zero-order valence-corrected chi connectivity index (χ0v) is 16.5.